The van der Waals surface area contributed by atoms with E-state index < -0.39 is 11.9 Å². The minimum Gasteiger partial charge on any atom is -0.488 e. The van der Waals surface area contributed by atoms with Crippen molar-refractivity contribution in [3.8, 4) is 5.75 Å². The average Bonchev–Trinajstić information content (AvgIpc) is 2.71. The highest BCUT2D eigenvalue weighted by molar-refractivity contribution is 5.66. The summed E-state index contributed by atoms with van der Waals surface area (Å²) in [6.07, 6.45) is 15.5. The van der Waals surface area contributed by atoms with Crippen LogP contribution in [0.25, 0.3) is 0 Å². The molecule has 0 heterocycles. The van der Waals surface area contributed by atoms with E-state index in [1.54, 1.807) is 0 Å². The molecule has 0 atom stereocenters. The van der Waals surface area contributed by atoms with Gasteiger partial charge in [0.2, 0.25) is 0 Å². The number of rotatable bonds is 19. The molecule has 0 spiro atoms. The normalized spacial score (nSPS) is 11.5. The number of carboxylic acids is 2. The van der Waals surface area contributed by atoms with Crippen LogP contribution in [0.2, 0.25) is 0 Å². The Hall–Kier alpha value is -2.04. The quantitative estimate of drug-likeness (QED) is 0.207. The fourth-order valence-electron chi connectivity index (χ4n) is 4.09. The smallest absolute Gasteiger partial charge is 0.303 e. The lowest BCUT2D eigenvalue weighted by Crippen LogP contribution is -2.23. The van der Waals surface area contributed by atoms with Crippen molar-refractivity contribution in [2.45, 2.75) is 129 Å². The van der Waals surface area contributed by atoms with Gasteiger partial charge in [0.1, 0.15) is 11.4 Å². The molecule has 0 radical (unpaired) electrons. The third-order valence-electron chi connectivity index (χ3n) is 5.78. The Labute approximate surface area is 200 Å². The Bertz CT molecular complexity index is 690. The van der Waals surface area contributed by atoms with Crippen molar-refractivity contribution in [1.29, 1.82) is 0 Å². The van der Waals surface area contributed by atoms with Gasteiger partial charge in [-0.3, -0.25) is 9.59 Å². The molecule has 1 aromatic rings. The largest absolute Gasteiger partial charge is 0.488 e. The van der Waals surface area contributed by atoms with Gasteiger partial charge in [0.25, 0.3) is 0 Å². The number of aryl methyl sites for hydroxylation is 2. The SMILES string of the molecule is CC(C)(C)Oc1ccc(CCCCCCCCC(=O)O)c(CCCCCCCCC(=O)O)c1. The number of hydrogen-bond donors (Lipinski definition) is 2. The van der Waals surface area contributed by atoms with Crippen LogP contribution in [0.1, 0.15) is 122 Å². The lowest BCUT2D eigenvalue weighted by molar-refractivity contribution is -0.138. The number of ether oxygens (including phenoxy) is 1. The maximum Gasteiger partial charge on any atom is 0.303 e. The van der Waals surface area contributed by atoms with Crippen molar-refractivity contribution in [3.63, 3.8) is 0 Å². The second-order valence-electron chi connectivity index (χ2n) is 10.2. The number of hydrogen-bond acceptors (Lipinski definition) is 3. The number of aliphatic carboxylic acids is 2. The molecule has 2 N–H and O–H groups in total. The second kappa shape index (κ2) is 16.6. The van der Waals surface area contributed by atoms with E-state index in [1.165, 1.54) is 30.4 Å². The molecule has 0 aliphatic carbocycles. The van der Waals surface area contributed by atoms with Gasteiger partial charge in [-0.05, 0) is 82.6 Å². The highest BCUT2D eigenvalue weighted by Crippen LogP contribution is 2.25. The van der Waals surface area contributed by atoms with Crippen LogP contribution in [-0.4, -0.2) is 27.8 Å². The standard InChI is InChI=1S/C28H46O5/c1-28(2,3)33-25-21-20-23(16-12-8-4-6-10-14-18-26(29)30)24(22-25)17-13-9-5-7-11-15-19-27(31)32/h20-22H,4-19H2,1-3H3,(H,29,30)(H,31,32). The van der Waals surface area contributed by atoms with Crippen LogP contribution in [0.4, 0.5) is 0 Å². The van der Waals surface area contributed by atoms with Crippen LogP contribution >= 0.6 is 0 Å². The van der Waals surface area contributed by atoms with Crippen molar-refractivity contribution in [2.24, 2.45) is 0 Å². The Balaban J connectivity index is 2.44. The highest BCUT2D eigenvalue weighted by Gasteiger charge is 2.13. The molecule has 1 aromatic carbocycles. The Morgan fingerprint density at radius 1 is 0.667 bits per heavy atom. The van der Waals surface area contributed by atoms with E-state index >= 15 is 0 Å². The summed E-state index contributed by atoms with van der Waals surface area (Å²) in [5, 5.41) is 17.4. The van der Waals surface area contributed by atoms with Crippen LogP contribution in [0.15, 0.2) is 18.2 Å². The lowest BCUT2D eigenvalue weighted by Gasteiger charge is -2.22. The summed E-state index contributed by atoms with van der Waals surface area (Å²) < 4.78 is 6.10. The molecule has 0 amide bonds. The molecule has 0 aromatic heterocycles. The fraction of sp³-hybridized carbons (Fsp3) is 0.714. The molecule has 0 fully saturated rings. The van der Waals surface area contributed by atoms with Gasteiger partial charge in [-0.15, -0.1) is 0 Å². The number of unbranched alkanes of at least 4 members (excludes halogenated alkanes) is 10. The van der Waals surface area contributed by atoms with Crippen LogP contribution in [-0.2, 0) is 22.4 Å². The van der Waals surface area contributed by atoms with E-state index in [4.69, 9.17) is 14.9 Å². The zero-order valence-corrected chi connectivity index (χ0v) is 21.2. The van der Waals surface area contributed by atoms with E-state index in [-0.39, 0.29) is 18.4 Å². The molecule has 0 unspecified atom stereocenters. The Morgan fingerprint density at radius 3 is 1.55 bits per heavy atom. The molecule has 33 heavy (non-hydrogen) atoms. The van der Waals surface area contributed by atoms with Crippen molar-refractivity contribution in [1.82, 2.24) is 0 Å². The fourth-order valence-corrected chi connectivity index (χ4v) is 4.09. The molecule has 0 saturated heterocycles. The van der Waals surface area contributed by atoms with Gasteiger partial charge in [0, 0.05) is 12.8 Å². The first-order chi connectivity index (χ1) is 15.7. The molecule has 5 heteroatoms. The van der Waals surface area contributed by atoms with Gasteiger partial charge in [-0.25, -0.2) is 0 Å². The van der Waals surface area contributed by atoms with E-state index in [1.807, 2.05) is 0 Å². The third-order valence-corrected chi connectivity index (χ3v) is 5.78. The lowest BCUT2D eigenvalue weighted by atomic mass is 9.96. The topological polar surface area (TPSA) is 83.8 Å². The van der Waals surface area contributed by atoms with Crippen molar-refractivity contribution >= 4 is 11.9 Å². The number of benzene rings is 1. The summed E-state index contributed by atoms with van der Waals surface area (Å²) in [7, 11) is 0. The maximum absolute atomic E-state index is 10.6. The molecule has 0 saturated carbocycles. The summed E-state index contributed by atoms with van der Waals surface area (Å²) >= 11 is 0. The van der Waals surface area contributed by atoms with Crippen LogP contribution in [0.5, 0.6) is 5.75 Å². The average molecular weight is 463 g/mol. The van der Waals surface area contributed by atoms with Gasteiger partial charge in [0.05, 0.1) is 0 Å². The van der Waals surface area contributed by atoms with E-state index in [9.17, 15) is 9.59 Å². The predicted molar refractivity (Wildman–Crippen MR) is 134 cm³/mol. The Kier molecular flexibility index (Phi) is 14.5. The van der Waals surface area contributed by atoms with E-state index in [0.29, 0.717) is 0 Å². The monoisotopic (exact) mass is 462 g/mol. The molecule has 1 rings (SSSR count). The molecule has 5 nitrogen and oxygen atoms in total. The van der Waals surface area contributed by atoms with Gasteiger partial charge < -0.3 is 14.9 Å². The minimum atomic E-state index is -0.696. The number of carbonyl (C=O) groups is 2. The van der Waals surface area contributed by atoms with Crippen LogP contribution in [0, 0.1) is 0 Å². The van der Waals surface area contributed by atoms with Gasteiger partial charge >= 0.3 is 11.9 Å². The number of carboxylic acid groups (broad SMARTS) is 2. The minimum absolute atomic E-state index is 0.213. The molecule has 188 valence electrons. The van der Waals surface area contributed by atoms with Gasteiger partial charge in [-0.1, -0.05) is 57.4 Å². The first-order valence-electron chi connectivity index (χ1n) is 12.9. The second-order valence-corrected chi connectivity index (χ2v) is 10.2. The summed E-state index contributed by atoms with van der Waals surface area (Å²) in [4.78, 5) is 21.2. The van der Waals surface area contributed by atoms with Crippen molar-refractivity contribution < 1.29 is 24.5 Å². The third kappa shape index (κ3) is 16.3. The first-order valence-corrected chi connectivity index (χ1v) is 12.9. The molecule has 0 aliphatic rings. The molecule has 0 bridgehead atoms. The molecule has 0 aliphatic heterocycles. The zero-order chi connectivity index (χ0) is 24.5. The van der Waals surface area contributed by atoms with E-state index in [0.717, 1.165) is 76.4 Å². The molecular formula is C28H46O5. The summed E-state index contributed by atoms with van der Waals surface area (Å²) in [6, 6.07) is 6.55. The highest BCUT2D eigenvalue weighted by atomic mass is 16.5. The van der Waals surface area contributed by atoms with E-state index in [2.05, 4.69) is 39.0 Å². The summed E-state index contributed by atoms with van der Waals surface area (Å²) in [5.74, 6) is -0.453. The van der Waals surface area contributed by atoms with Gasteiger partial charge in [0.15, 0.2) is 0 Å². The van der Waals surface area contributed by atoms with Crippen LogP contribution < -0.4 is 4.74 Å². The summed E-state index contributed by atoms with van der Waals surface area (Å²) in [5.41, 5.74) is 2.60. The predicted octanol–water partition coefficient (Wildman–Crippen LogP) is 7.58. The summed E-state index contributed by atoms with van der Waals surface area (Å²) in [6.45, 7) is 6.21. The van der Waals surface area contributed by atoms with Gasteiger partial charge in [-0.2, -0.15) is 0 Å². The maximum atomic E-state index is 10.6. The Morgan fingerprint density at radius 2 is 1.09 bits per heavy atom. The van der Waals surface area contributed by atoms with Crippen molar-refractivity contribution in [3.05, 3.63) is 29.3 Å². The first kappa shape index (κ1) is 29.0. The molecular weight excluding hydrogens is 416 g/mol. The van der Waals surface area contributed by atoms with Crippen molar-refractivity contribution in [2.75, 3.05) is 0 Å². The van der Waals surface area contributed by atoms with Crippen LogP contribution in [0.3, 0.4) is 0 Å². The zero-order valence-electron chi connectivity index (χ0n) is 21.2.